The van der Waals surface area contributed by atoms with Crippen molar-refractivity contribution in [2.45, 2.75) is 45.3 Å². The zero-order valence-electron chi connectivity index (χ0n) is 12.1. The van der Waals surface area contributed by atoms with E-state index in [1.807, 2.05) is 0 Å². The van der Waals surface area contributed by atoms with Crippen LogP contribution >= 0.6 is 0 Å². The van der Waals surface area contributed by atoms with Crippen LogP contribution in [0.2, 0.25) is 0 Å². The number of carboxylic acids is 1. The van der Waals surface area contributed by atoms with Gasteiger partial charge in [0.05, 0.1) is 6.42 Å². The maximum Gasteiger partial charge on any atom is 0.408 e. The lowest BCUT2D eigenvalue weighted by atomic mass is 10.2. The molecule has 2 amide bonds. The number of rotatable bonds is 7. The van der Waals surface area contributed by atoms with E-state index in [-0.39, 0.29) is 0 Å². The maximum atomic E-state index is 11.8. The van der Waals surface area contributed by atoms with E-state index in [0.29, 0.717) is 13.0 Å². The number of carboxylic acid groups (broad SMARTS) is 1. The molecule has 114 valence electrons. The van der Waals surface area contributed by atoms with Gasteiger partial charge in [-0.05, 0) is 27.2 Å². The van der Waals surface area contributed by atoms with Crippen LogP contribution in [0.25, 0.3) is 0 Å². The molecular formula is C13H22N2O5. The van der Waals surface area contributed by atoms with E-state index in [1.54, 1.807) is 26.8 Å². The van der Waals surface area contributed by atoms with Crippen molar-refractivity contribution in [3.05, 3.63) is 12.7 Å². The zero-order chi connectivity index (χ0) is 15.8. The Kier molecular flexibility index (Phi) is 7.35. The third-order valence-corrected chi connectivity index (χ3v) is 2.03. The van der Waals surface area contributed by atoms with Crippen LogP contribution in [-0.2, 0) is 14.3 Å². The average molecular weight is 286 g/mol. The molecule has 3 N–H and O–H groups in total. The van der Waals surface area contributed by atoms with Crippen LogP contribution in [0, 0.1) is 0 Å². The molecule has 7 heteroatoms. The first-order valence-electron chi connectivity index (χ1n) is 6.25. The molecule has 1 atom stereocenters. The summed E-state index contributed by atoms with van der Waals surface area (Å²) in [5, 5.41) is 13.5. The van der Waals surface area contributed by atoms with Crippen LogP contribution in [-0.4, -0.2) is 41.3 Å². The smallest absolute Gasteiger partial charge is 0.408 e. The molecule has 0 fully saturated rings. The fraction of sp³-hybridized carbons (Fsp3) is 0.615. The van der Waals surface area contributed by atoms with E-state index in [9.17, 15) is 14.4 Å². The molecule has 0 aromatic carbocycles. The third-order valence-electron chi connectivity index (χ3n) is 2.03. The second-order valence-electron chi connectivity index (χ2n) is 5.17. The lowest BCUT2D eigenvalue weighted by molar-refractivity contribution is -0.139. The van der Waals surface area contributed by atoms with Crippen molar-refractivity contribution < 1.29 is 24.2 Å². The van der Waals surface area contributed by atoms with Gasteiger partial charge in [-0.1, -0.05) is 6.08 Å². The minimum absolute atomic E-state index is 0.328. The van der Waals surface area contributed by atoms with E-state index in [2.05, 4.69) is 17.2 Å². The molecule has 0 aromatic rings. The molecule has 0 aromatic heterocycles. The van der Waals surface area contributed by atoms with E-state index >= 15 is 0 Å². The second-order valence-corrected chi connectivity index (χ2v) is 5.17. The highest BCUT2D eigenvalue weighted by Crippen LogP contribution is 2.07. The average Bonchev–Trinajstić information content (AvgIpc) is 2.25. The number of carbonyl (C=O) groups excluding carboxylic acids is 2. The normalized spacial score (nSPS) is 12.2. The Balaban J connectivity index is 4.55. The Morgan fingerprint density at radius 1 is 1.35 bits per heavy atom. The number of aliphatic carboxylic acids is 1. The van der Waals surface area contributed by atoms with Gasteiger partial charge in [-0.15, -0.1) is 6.58 Å². The molecule has 0 aliphatic rings. The maximum absolute atomic E-state index is 11.8. The van der Waals surface area contributed by atoms with Gasteiger partial charge in [0.1, 0.15) is 11.6 Å². The molecule has 7 nitrogen and oxygen atoms in total. The van der Waals surface area contributed by atoms with Crippen molar-refractivity contribution in [2.24, 2.45) is 0 Å². The molecule has 0 radical (unpaired) electrons. The summed E-state index contributed by atoms with van der Waals surface area (Å²) in [6.45, 7) is 8.84. The van der Waals surface area contributed by atoms with Crippen LogP contribution < -0.4 is 10.6 Å². The van der Waals surface area contributed by atoms with Crippen molar-refractivity contribution in [3.63, 3.8) is 0 Å². The fourth-order valence-corrected chi connectivity index (χ4v) is 1.25. The quantitative estimate of drug-likeness (QED) is 0.479. The van der Waals surface area contributed by atoms with Gasteiger partial charge in [0.25, 0.3) is 0 Å². The zero-order valence-corrected chi connectivity index (χ0v) is 12.1. The minimum atomic E-state index is -1.19. The van der Waals surface area contributed by atoms with Crippen molar-refractivity contribution in [1.82, 2.24) is 10.6 Å². The van der Waals surface area contributed by atoms with Crippen molar-refractivity contribution in [2.75, 3.05) is 6.54 Å². The number of ether oxygens (including phenoxy) is 1. The van der Waals surface area contributed by atoms with Gasteiger partial charge in [-0.3, -0.25) is 9.59 Å². The number of hydrogen-bond donors (Lipinski definition) is 3. The molecule has 0 saturated heterocycles. The highest BCUT2D eigenvalue weighted by atomic mass is 16.6. The summed E-state index contributed by atoms with van der Waals surface area (Å²) >= 11 is 0. The van der Waals surface area contributed by atoms with Crippen LogP contribution in [0.1, 0.15) is 33.6 Å². The highest BCUT2D eigenvalue weighted by molar-refractivity contribution is 5.89. The molecular weight excluding hydrogens is 264 g/mol. The van der Waals surface area contributed by atoms with E-state index < -0.39 is 36.0 Å². The minimum Gasteiger partial charge on any atom is -0.481 e. The van der Waals surface area contributed by atoms with Crippen molar-refractivity contribution in [1.29, 1.82) is 0 Å². The van der Waals surface area contributed by atoms with Crippen LogP contribution in [0.15, 0.2) is 12.7 Å². The summed E-state index contributed by atoms with van der Waals surface area (Å²) in [7, 11) is 0. The molecule has 0 saturated carbocycles. The molecule has 0 rings (SSSR count). The van der Waals surface area contributed by atoms with Gasteiger partial charge in [0, 0.05) is 6.54 Å². The summed E-state index contributed by atoms with van der Waals surface area (Å²) in [4.78, 5) is 34.1. The molecule has 0 unspecified atom stereocenters. The lowest BCUT2D eigenvalue weighted by Gasteiger charge is -2.22. The number of carbonyl (C=O) groups is 3. The Morgan fingerprint density at radius 2 is 1.95 bits per heavy atom. The summed E-state index contributed by atoms with van der Waals surface area (Å²) in [6.07, 6.45) is 0.827. The van der Waals surface area contributed by atoms with Gasteiger partial charge in [-0.2, -0.15) is 0 Å². The van der Waals surface area contributed by atoms with Gasteiger partial charge in [-0.25, -0.2) is 4.79 Å². The topological polar surface area (TPSA) is 105 Å². The lowest BCUT2D eigenvalue weighted by Crippen LogP contribution is -2.49. The third kappa shape index (κ3) is 8.96. The molecule has 0 aliphatic heterocycles. The first kappa shape index (κ1) is 17.9. The fourth-order valence-electron chi connectivity index (χ4n) is 1.25. The number of amides is 2. The van der Waals surface area contributed by atoms with E-state index in [4.69, 9.17) is 9.84 Å². The summed E-state index contributed by atoms with van der Waals surface area (Å²) in [6, 6.07) is -1.17. The molecule has 20 heavy (non-hydrogen) atoms. The Hall–Kier alpha value is -2.05. The predicted molar refractivity (Wildman–Crippen MR) is 73.2 cm³/mol. The van der Waals surface area contributed by atoms with Gasteiger partial charge in [0.15, 0.2) is 0 Å². The van der Waals surface area contributed by atoms with Crippen molar-refractivity contribution >= 4 is 18.0 Å². The Bertz CT molecular complexity index is 373. The SMILES string of the molecule is C=CCCNC(=O)[C@H](CC(=O)O)NC(=O)OC(C)(C)C. The predicted octanol–water partition coefficient (Wildman–Crippen LogP) is 1.05. The standard InChI is InChI=1S/C13H22N2O5/c1-5-6-7-14-11(18)9(8-10(16)17)15-12(19)20-13(2,3)4/h5,9H,1,6-8H2,2-4H3,(H,14,18)(H,15,19)(H,16,17)/t9-/m0/s1. The second kappa shape index (κ2) is 8.19. The van der Waals surface area contributed by atoms with Crippen LogP contribution in [0.5, 0.6) is 0 Å². The van der Waals surface area contributed by atoms with Crippen LogP contribution in [0.4, 0.5) is 4.79 Å². The largest absolute Gasteiger partial charge is 0.481 e. The van der Waals surface area contributed by atoms with Gasteiger partial charge < -0.3 is 20.5 Å². The molecule has 0 spiro atoms. The molecule has 0 heterocycles. The van der Waals surface area contributed by atoms with Crippen LogP contribution in [0.3, 0.4) is 0 Å². The Labute approximate surface area is 118 Å². The molecule has 0 bridgehead atoms. The highest BCUT2D eigenvalue weighted by Gasteiger charge is 2.26. The number of nitrogens with one attached hydrogen (secondary N) is 2. The van der Waals surface area contributed by atoms with Gasteiger partial charge in [0.2, 0.25) is 5.91 Å². The summed E-state index contributed by atoms with van der Waals surface area (Å²) in [5.74, 6) is -1.76. The summed E-state index contributed by atoms with van der Waals surface area (Å²) in [5.41, 5.74) is -0.725. The van der Waals surface area contributed by atoms with E-state index in [1.165, 1.54) is 0 Å². The monoisotopic (exact) mass is 286 g/mol. The number of alkyl carbamates (subject to hydrolysis) is 1. The Morgan fingerprint density at radius 3 is 2.40 bits per heavy atom. The molecule has 0 aliphatic carbocycles. The van der Waals surface area contributed by atoms with Crippen molar-refractivity contribution in [3.8, 4) is 0 Å². The summed E-state index contributed by atoms with van der Waals surface area (Å²) < 4.78 is 4.99. The first-order chi connectivity index (χ1) is 9.15. The van der Waals surface area contributed by atoms with Gasteiger partial charge >= 0.3 is 12.1 Å². The number of hydrogen-bond acceptors (Lipinski definition) is 4. The van der Waals surface area contributed by atoms with E-state index in [0.717, 1.165) is 0 Å². The first-order valence-corrected chi connectivity index (χ1v) is 6.25.